The lowest BCUT2D eigenvalue weighted by Gasteiger charge is -2.31. The number of aryl methyl sites for hydroxylation is 1. The third-order valence-electron chi connectivity index (χ3n) is 4.88. The Labute approximate surface area is 185 Å². The van der Waals surface area contributed by atoms with Crippen LogP contribution in [0.3, 0.4) is 0 Å². The van der Waals surface area contributed by atoms with Gasteiger partial charge in [0.05, 0.1) is 10.6 Å². The van der Waals surface area contributed by atoms with E-state index in [-0.39, 0.29) is 10.8 Å². The maximum atomic E-state index is 13.2. The standard InChI is InChI=1S/C22H18Cl2N2O3S/c23-17-11-16(12-18(24)13-17)22(27)25-19-9-8-15-5-4-10-26(21(15)14-19)30(28,29)20-6-2-1-3-7-20/h1-3,6-9,11-14H,4-5,10H2,(H,25,27). The van der Waals surface area contributed by atoms with Gasteiger partial charge in [0.2, 0.25) is 0 Å². The lowest BCUT2D eigenvalue weighted by Crippen LogP contribution is -2.35. The van der Waals surface area contributed by atoms with Crippen molar-refractivity contribution in [2.24, 2.45) is 0 Å². The zero-order valence-electron chi connectivity index (χ0n) is 15.8. The minimum atomic E-state index is -3.70. The fourth-order valence-electron chi connectivity index (χ4n) is 3.48. The van der Waals surface area contributed by atoms with Crippen LogP contribution in [0.25, 0.3) is 0 Å². The molecule has 0 unspecified atom stereocenters. The number of hydrogen-bond acceptors (Lipinski definition) is 3. The highest BCUT2D eigenvalue weighted by Gasteiger charge is 2.29. The molecule has 0 spiro atoms. The summed E-state index contributed by atoms with van der Waals surface area (Å²) >= 11 is 12.0. The second-order valence-corrected chi connectivity index (χ2v) is 9.68. The highest BCUT2D eigenvalue weighted by Crippen LogP contribution is 2.34. The van der Waals surface area contributed by atoms with Crippen LogP contribution in [0.5, 0.6) is 0 Å². The van der Waals surface area contributed by atoms with Crippen LogP contribution in [-0.2, 0) is 16.4 Å². The van der Waals surface area contributed by atoms with Gasteiger partial charge >= 0.3 is 0 Å². The van der Waals surface area contributed by atoms with Gasteiger partial charge in [0, 0.05) is 27.8 Å². The first-order valence-corrected chi connectivity index (χ1v) is 11.5. The van der Waals surface area contributed by atoms with Crippen molar-refractivity contribution in [2.75, 3.05) is 16.2 Å². The molecule has 30 heavy (non-hydrogen) atoms. The molecule has 1 amide bonds. The summed E-state index contributed by atoms with van der Waals surface area (Å²) in [4.78, 5) is 12.9. The molecule has 1 heterocycles. The molecule has 0 fully saturated rings. The van der Waals surface area contributed by atoms with E-state index in [1.165, 1.54) is 16.4 Å². The molecule has 5 nitrogen and oxygen atoms in total. The molecule has 0 aliphatic carbocycles. The molecule has 154 valence electrons. The maximum Gasteiger partial charge on any atom is 0.264 e. The van der Waals surface area contributed by atoms with E-state index in [9.17, 15) is 13.2 Å². The van der Waals surface area contributed by atoms with Gasteiger partial charge in [-0.2, -0.15) is 0 Å². The molecule has 0 radical (unpaired) electrons. The SMILES string of the molecule is O=C(Nc1ccc2c(c1)N(S(=O)(=O)c1ccccc1)CCC2)c1cc(Cl)cc(Cl)c1. The number of sulfonamides is 1. The molecule has 1 N–H and O–H groups in total. The van der Waals surface area contributed by atoms with E-state index < -0.39 is 10.0 Å². The van der Waals surface area contributed by atoms with E-state index in [1.54, 1.807) is 48.5 Å². The summed E-state index contributed by atoms with van der Waals surface area (Å²) in [5, 5.41) is 3.52. The lowest BCUT2D eigenvalue weighted by molar-refractivity contribution is 0.102. The summed E-state index contributed by atoms with van der Waals surface area (Å²) in [5.41, 5.74) is 2.31. The Bertz CT molecular complexity index is 1190. The van der Waals surface area contributed by atoms with Crippen molar-refractivity contribution in [3.63, 3.8) is 0 Å². The van der Waals surface area contributed by atoms with Crippen LogP contribution in [0, 0.1) is 0 Å². The molecule has 1 aliphatic heterocycles. The first-order chi connectivity index (χ1) is 14.3. The van der Waals surface area contributed by atoms with Crippen molar-refractivity contribution >= 4 is 50.5 Å². The van der Waals surface area contributed by atoms with Gasteiger partial charge in [-0.15, -0.1) is 0 Å². The number of hydrogen-bond donors (Lipinski definition) is 1. The van der Waals surface area contributed by atoms with Crippen molar-refractivity contribution in [3.05, 3.63) is 87.9 Å². The van der Waals surface area contributed by atoms with Gasteiger partial charge < -0.3 is 5.32 Å². The molecule has 4 rings (SSSR count). The van der Waals surface area contributed by atoms with E-state index in [4.69, 9.17) is 23.2 Å². The molecular weight excluding hydrogens is 443 g/mol. The van der Waals surface area contributed by atoms with Gasteiger partial charge in [0.25, 0.3) is 15.9 Å². The monoisotopic (exact) mass is 460 g/mol. The molecule has 0 bridgehead atoms. The van der Waals surface area contributed by atoms with E-state index in [1.807, 2.05) is 6.07 Å². The minimum Gasteiger partial charge on any atom is -0.322 e. The highest BCUT2D eigenvalue weighted by molar-refractivity contribution is 7.92. The zero-order valence-corrected chi connectivity index (χ0v) is 18.1. The lowest BCUT2D eigenvalue weighted by atomic mass is 10.0. The number of amides is 1. The summed E-state index contributed by atoms with van der Waals surface area (Å²) in [6.07, 6.45) is 1.50. The van der Waals surface area contributed by atoms with Crippen molar-refractivity contribution in [3.8, 4) is 0 Å². The van der Waals surface area contributed by atoms with Gasteiger partial charge in [-0.1, -0.05) is 47.5 Å². The normalized spacial score (nSPS) is 13.6. The molecular formula is C22H18Cl2N2O3S. The van der Waals surface area contributed by atoms with Crippen LogP contribution in [-0.4, -0.2) is 20.9 Å². The molecule has 3 aromatic rings. The maximum absolute atomic E-state index is 13.2. The van der Waals surface area contributed by atoms with Gasteiger partial charge in [0.1, 0.15) is 0 Å². The number of rotatable bonds is 4. The Kier molecular flexibility index (Phi) is 5.73. The van der Waals surface area contributed by atoms with Crippen LogP contribution in [0.1, 0.15) is 22.3 Å². The summed E-state index contributed by atoms with van der Waals surface area (Å²) < 4.78 is 27.8. The van der Waals surface area contributed by atoms with Crippen LogP contribution >= 0.6 is 23.2 Å². The quantitative estimate of drug-likeness (QED) is 0.567. The second kappa shape index (κ2) is 8.30. The number of nitrogens with zero attached hydrogens (tertiary/aromatic N) is 1. The Morgan fingerprint density at radius 1 is 0.933 bits per heavy atom. The molecule has 1 aliphatic rings. The first kappa shape index (κ1) is 20.7. The Morgan fingerprint density at radius 3 is 2.33 bits per heavy atom. The van der Waals surface area contributed by atoms with E-state index in [2.05, 4.69) is 5.32 Å². The van der Waals surface area contributed by atoms with Crippen LogP contribution < -0.4 is 9.62 Å². The Balaban J connectivity index is 1.66. The van der Waals surface area contributed by atoms with Gasteiger partial charge in [-0.25, -0.2) is 8.42 Å². The van der Waals surface area contributed by atoms with Crippen molar-refractivity contribution in [2.45, 2.75) is 17.7 Å². The van der Waals surface area contributed by atoms with E-state index in [0.29, 0.717) is 33.5 Å². The minimum absolute atomic E-state index is 0.237. The molecule has 0 saturated carbocycles. The van der Waals surface area contributed by atoms with E-state index in [0.717, 1.165) is 18.4 Å². The number of halogens is 2. The number of fused-ring (bicyclic) bond motifs is 1. The fraction of sp³-hybridized carbons (Fsp3) is 0.136. The second-order valence-electron chi connectivity index (χ2n) is 6.95. The smallest absolute Gasteiger partial charge is 0.264 e. The summed E-state index contributed by atoms with van der Waals surface area (Å²) in [6.45, 7) is 0.380. The zero-order chi connectivity index (χ0) is 21.3. The third kappa shape index (κ3) is 4.17. The predicted molar refractivity (Wildman–Crippen MR) is 120 cm³/mol. The van der Waals surface area contributed by atoms with Crippen molar-refractivity contribution in [1.82, 2.24) is 0 Å². The van der Waals surface area contributed by atoms with Crippen LogP contribution in [0.4, 0.5) is 11.4 Å². The number of benzene rings is 3. The summed E-state index contributed by atoms with van der Waals surface area (Å²) in [5.74, 6) is -0.382. The largest absolute Gasteiger partial charge is 0.322 e. The Hall–Kier alpha value is -2.54. The molecule has 0 saturated heterocycles. The van der Waals surface area contributed by atoms with Crippen LogP contribution in [0.2, 0.25) is 10.0 Å². The summed E-state index contributed by atoms with van der Waals surface area (Å²) in [7, 11) is -3.70. The van der Waals surface area contributed by atoms with Gasteiger partial charge in [0.15, 0.2) is 0 Å². The third-order valence-corrected chi connectivity index (χ3v) is 7.14. The van der Waals surface area contributed by atoms with Crippen molar-refractivity contribution in [1.29, 1.82) is 0 Å². The number of carbonyl (C=O) groups is 1. The molecule has 0 aromatic heterocycles. The van der Waals surface area contributed by atoms with E-state index >= 15 is 0 Å². The first-order valence-electron chi connectivity index (χ1n) is 9.33. The van der Waals surface area contributed by atoms with Crippen LogP contribution in [0.15, 0.2) is 71.6 Å². The number of anilines is 2. The van der Waals surface area contributed by atoms with Crippen molar-refractivity contribution < 1.29 is 13.2 Å². The number of carbonyl (C=O) groups excluding carboxylic acids is 1. The summed E-state index contributed by atoms with van der Waals surface area (Å²) in [6, 6.07) is 18.2. The average molecular weight is 461 g/mol. The number of nitrogens with one attached hydrogen (secondary N) is 1. The highest BCUT2D eigenvalue weighted by atomic mass is 35.5. The topological polar surface area (TPSA) is 66.5 Å². The van der Waals surface area contributed by atoms with Gasteiger partial charge in [-0.3, -0.25) is 9.10 Å². The molecule has 0 atom stereocenters. The Morgan fingerprint density at radius 2 is 1.63 bits per heavy atom. The fourth-order valence-corrected chi connectivity index (χ4v) is 5.56. The predicted octanol–water partition coefficient (Wildman–Crippen LogP) is 5.39. The van der Waals surface area contributed by atoms with Gasteiger partial charge in [-0.05, 0) is 60.9 Å². The molecule has 3 aromatic carbocycles. The molecule has 8 heteroatoms. The average Bonchev–Trinajstić information content (AvgIpc) is 2.73.